The summed E-state index contributed by atoms with van der Waals surface area (Å²) in [5.74, 6) is 0. The fourth-order valence-electron chi connectivity index (χ4n) is 1.75. The van der Waals surface area contributed by atoms with Crippen molar-refractivity contribution >= 4 is 10.0 Å². The lowest BCUT2D eigenvalue weighted by Crippen LogP contribution is -2.33. The van der Waals surface area contributed by atoms with Crippen LogP contribution in [0.1, 0.15) is 18.4 Å². The Balaban J connectivity index is 2.37. The molecule has 2 rings (SSSR count). The van der Waals surface area contributed by atoms with Crippen molar-refractivity contribution in [3.05, 3.63) is 29.8 Å². The van der Waals surface area contributed by atoms with Gasteiger partial charge in [-0.2, -0.15) is 9.57 Å². The van der Waals surface area contributed by atoms with Gasteiger partial charge in [0.1, 0.15) is 6.54 Å². The standard InChI is InChI=1S/C12H14N2O2S/c1-10-3-2-4-12(9-10)17(15,16)14(8-7-13)11-5-6-11/h2-4,9,11H,5-6,8H2,1H3. The third-order valence-electron chi connectivity index (χ3n) is 2.78. The van der Waals surface area contributed by atoms with Crippen LogP contribution in [0.4, 0.5) is 0 Å². The molecule has 1 fully saturated rings. The fraction of sp³-hybridized carbons (Fsp3) is 0.417. The number of nitriles is 1. The van der Waals surface area contributed by atoms with Crippen molar-refractivity contribution < 1.29 is 8.42 Å². The Hall–Kier alpha value is -1.38. The molecule has 0 saturated heterocycles. The quantitative estimate of drug-likeness (QED) is 0.764. The maximum Gasteiger partial charge on any atom is 0.244 e. The molecule has 0 aliphatic heterocycles. The summed E-state index contributed by atoms with van der Waals surface area (Å²) in [5, 5.41) is 8.72. The molecule has 1 aromatic carbocycles. The van der Waals surface area contributed by atoms with Gasteiger partial charge in [0.2, 0.25) is 10.0 Å². The normalized spacial score (nSPS) is 15.8. The van der Waals surface area contributed by atoms with Crippen molar-refractivity contribution in [3.63, 3.8) is 0 Å². The summed E-state index contributed by atoms with van der Waals surface area (Å²) in [6.45, 7) is 1.78. The second-order valence-electron chi connectivity index (χ2n) is 4.26. The van der Waals surface area contributed by atoms with Gasteiger partial charge in [-0.15, -0.1) is 0 Å². The van der Waals surface area contributed by atoms with Crippen molar-refractivity contribution in [1.82, 2.24) is 4.31 Å². The summed E-state index contributed by atoms with van der Waals surface area (Å²) in [6, 6.07) is 8.73. The van der Waals surface area contributed by atoms with Gasteiger partial charge >= 0.3 is 0 Å². The molecule has 1 aliphatic rings. The van der Waals surface area contributed by atoms with Crippen LogP contribution in [0.2, 0.25) is 0 Å². The van der Waals surface area contributed by atoms with E-state index in [2.05, 4.69) is 0 Å². The molecule has 0 radical (unpaired) electrons. The maximum absolute atomic E-state index is 12.3. The molecule has 0 heterocycles. The smallest absolute Gasteiger partial charge is 0.207 e. The Morgan fingerprint density at radius 1 is 1.47 bits per heavy atom. The molecule has 0 atom stereocenters. The molecule has 0 aromatic heterocycles. The topological polar surface area (TPSA) is 61.2 Å². The van der Waals surface area contributed by atoms with Gasteiger partial charge in [-0.25, -0.2) is 8.42 Å². The summed E-state index contributed by atoms with van der Waals surface area (Å²) in [7, 11) is -3.51. The summed E-state index contributed by atoms with van der Waals surface area (Å²) >= 11 is 0. The van der Waals surface area contributed by atoms with Crippen LogP contribution >= 0.6 is 0 Å². The van der Waals surface area contributed by atoms with Crippen LogP contribution in [0, 0.1) is 18.3 Å². The highest BCUT2D eigenvalue weighted by molar-refractivity contribution is 7.89. The van der Waals surface area contributed by atoms with E-state index in [1.165, 1.54) is 4.31 Å². The van der Waals surface area contributed by atoms with E-state index in [0.717, 1.165) is 18.4 Å². The third kappa shape index (κ3) is 2.48. The number of nitrogens with zero attached hydrogens (tertiary/aromatic N) is 2. The van der Waals surface area contributed by atoms with Gasteiger partial charge in [-0.05, 0) is 37.5 Å². The van der Waals surface area contributed by atoms with Gasteiger partial charge in [0.05, 0.1) is 11.0 Å². The van der Waals surface area contributed by atoms with Crippen LogP contribution < -0.4 is 0 Å². The van der Waals surface area contributed by atoms with Crippen LogP contribution in [0.25, 0.3) is 0 Å². The van der Waals surface area contributed by atoms with Gasteiger partial charge in [0.25, 0.3) is 0 Å². The lowest BCUT2D eigenvalue weighted by molar-refractivity contribution is 0.439. The van der Waals surface area contributed by atoms with E-state index in [-0.39, 0.29) is 17.5 Å². The van der Waals surface area contributed by atoms with Crippen LogP contribution in [0.3, 0.4) is 0 Å². The summed E-state index contributed by atoms with van der Waals surface area (Å²) in [5.41, 5.74) is 0.902. The monoisotopic (exact) mass is 250 g/mol. The Kier molecular flexibility index (Phi) is 3.18. The molecule has 0 N–H and O–H groups in total. The number of sulfonamides is 1. The van der Waals surface area contributed by atoms with E-state index in [4.69, 9.17) is 5.26 Å². The second kappa shape index (κ2) is 4.47. The average Bonchev–Trinajstić information content (AvgIpc) is 3.09. The molecule has 0 unspecified atom stereocenters. The highest BCUT2D eigenvalue weighted by Gasteiger charge is 2.37. The molecule has 1 saturated carbocycles. The van der Waals surface area contributed by atoms with Gasteiger partial charge in [-0.3, -0.25) is 0 Å². The summed E-state index contributed by atoms with van der Waals surface area (Å²) in [6.07, 6.45) is 1.71. The molecule has 1 aliphatic carbocycles. The predicted molar refractivity (Wildman–Crippen MR) is 63.7 cm³/mol. The fourth-order valence-corrected chi connectivity index (χ4v) is 3.44. The molecule has 0 spiro atoms. The van der Waals surface area contributed by atoms with E-state index >= 15 is 0 Å². The van der Waals surface area contributed by atoms with Crippen molar-refractivity contribution in [2.45, 2.75) is 30.7 Å². The zero-order valence-corrected chi connectivity index (χ0v) is 10.4. The Morgan fingerprint density at radius 3 is 2.71 bits per heavy atom. The minimum Gasteiger partial charge on any atom is -0.207 e. The van der Waals surface area contributed by atoms with Crippen LogP contribution in [-0.2, 0) is 10.0 Å². The zero-order valence-electron chi connectivity index (χ0n) is 9.63. The number of aryl methyl sites for hydroxylation is 1. The summed E-state index contributed by atoms with van der Waals surface area (Å²) in [4.78, 5) is 0.277. The molecule has 17 heavy (non-hydrogen) atoms. The second-order valence-corrected chi connectivity index (χ2v) is 6.15. The zero-order chi connectivity index (χ0) is 12.5. The number of hydrogen-bond acceptors (Lipinski definition) is 3. The van der Waals surface area contributed by atoms with Crippen LogP contribution in [-0.4, -0.2) is 25.3 Å². The number of benzene rings is 1. The van der Waals surface area contributed by atoms with Crippen LogP contribution in [0.15, 0.2) is 29.2 Å². The van der Waals surface area contributed by atoms with Gasteiger partial charge in [0.15, 0.2) is 0 Å². The SMILES string of the molecule is Cc1cccc(S(=O)(=O)N(CC#N)C2CC2)c1. The average molecular weight is 250 g/mol. The Morgan fingerprint density at radius 2 is 2.18 bits per heavy atom. The molecule has 0 amide bonds. The van der Waals surface area contributed by atoms with Gasteiger partial charge < -0.3 is 0 Å². The lowest BCUT2D eigenvalue weighted by Gasteiger charge is -2.18. The Bertz CT molecular complexity index is 556. The molecular formula is C12H14N2O2S. The first kappa shape index (κ1) is 12.1. The molecule has 5 heteroatoms. The minimum absolute atomic E-state index is 0.0140. The van der Waals surface area contributed by atoms with Crippen molar-refractivity contribution in [2.24, 2.45) is 0 Å². The van der Waals surface area contributed by atoms with E-state index in [9.17, 15) is 8.42 Å². The minimum atomic E-state index is -3.51. The van der Waals surface area contributed by atoms with Crippen molar-refractivity contribution in [3.8, 4) is 6.07 Å². The molecule has 4 nitrogen and oxygen atoms in total. The molecule has 0 bridgehead atoms. The first-order chi connectivity index (χ1) is 8.05. The lowest BCUT2D eigenvalue weighted by atomic mass is 10.2. The molecule has 1 aromatic rings. The van der Waals surface area contributed by atoms with E-state index in [1.807, 2.05) is 19.1 Å². The van der Waals surface area contributed by atoms with E-state index < -0.39 is 10.0 Å². The van der Waals surface area contributed by atoms with Crippen molar-refractivity contribution in [1.29, 1.82) is 5.26 Å². The van der Waals surface area contributed by atoms with E-state index in [1.54, 1.807) is 18.2 Å². The maximum atomic E-state index is 12.3. The highest BCUT2D eigenvalue weighted by Crippen LogP contribution is 2.31. The number of rotatable bonds is 4. The van der Waals surface area contributed by atoms with Gasteiger partial charge in [-0.1, -0.05) is 12.1 Å². The van der Waals surface area contributed by atoms with Gasteiger partial charge in [0, 0.05) is 6.04 Å². The van der Waals surface area contributed by atoms with Crippen LogP contribution in [0.5, 0.6) is 0 Å². The Labute approximate surface area is 102 Å². The van der Waals surface area contributed by atoms with E-state index in [0.29, 0.717) is 0 Å². The predicted octanol–water partition coefficient (Wildman–Crippen LogP) is 1.67. The third-order valence-corrected chi connectivity index (χ3v) is 4.67. The molecular weight excluding hydrogens is 236 g/mol. The molecule has 90 valence electrons. The first-order valence-electron chi connectivity index (χ1n) is 5.51. The number of hydrogen-bond donors (Lipinski definition) is 0. The largest absolute Gasteiger partial charge is 0.244 e. The van der Waals surface area contributed by atoms with Crippen molar-refractivity contribution in [2.75, 3.05) is 6.54 Å². The highest BCUT2D eigenvalue weighted by atomic mass is 32.2. The summed E-state index contributed by atoms with van der Waals surface area (Å²) < 4.78 is 26.0. The first-order valence-corrected chi connectivity index (χ1v) is 6.95.